The van der Waals surface area contributed by atoms with Crippen LogP contribution in [0.2, 0.25) is 0 Å². The number of carbonyl (C=O) groups excluding carboxylic acids is 1. The monoisotopic (exact) mass is 268 g/mol. The molecule has 0 aliphatic carbocycles. The number of hydrogen-bond acceptors (Lipinski definition) is 4. The van der Waals surface area contributed by atoms with E-state index in [1.54, 1.807) is 0 Å². The van der Waals surface area contributed by atoms with Gasteiger partial charge in [-0.05, 0) is 20.9 Å². The third-order valence-electron chi connectivity index (χ3n) is 4.20. The first-order chi connectivity index (χ1) is 8.99. The van der Waals surface area contributed by atoms with Crippen molar-refractivity contribution in [3.05, 3.63) is 0 Å². The van der Waals surface area contributed by atoms with E-state index in [0.29, 0.717) is 5.91 Å². The molecule has 0 spiro atoms. The molecular weight excluding hydrogens is 240 g/mol. The maximum Gasteiger partial charge on any atom is 0.229 e. The first-order valence-corrected chi connectivity index (χ1v) is 7.40. The van der Waals surface area contributed by atoms with Gasteiger partial charge in [0.1, 0.15) is 0 Å². The molecule has 2 saturated heterocycles. The van der Waals surface area contributed by atoms with Gasteiger partial charge in [-0.15, -0.1) is 0 Å². The summed E-state index contributed by atoms with van der Waals surface area (Å²) in [4.78, 5) is 19.4. The van der Waals surface area contributed by atoms with Gasteiger partial charge in [0.15, 0.2) is 0 Å². The lowest BCUT2D eigenvalue weighted by Gasteiger charge is -2.40. The summed E-state index contributed by atoms with van der Waals surface area (Å²) in [5.41, 5.74) is -0.271. The molecule has 2 aliphatic rings. The van der Waals surface area contributed by atoms with Gasteiger partial charge in [0.25, 0.3) is 0 Å². The predicted molar refractivity (Wildman–Crippen MR) is 77.2 cm³/mol. The lowest BCUT2D eigenvalue weighted by Crippen LogP contribution is -2.55. The number of hydrogen-bond donors (Lipinski definition) is 1. The van der Waals surface area contributed by atoms with Gasteiger partial charge < -0.3 is 15.1 Å². The molecule has 5 nitrogen and oxygen atoms in total. The highest BCUT2D eigenvalue weighted by Crippen LogP contribution is 2.21. The van der Waals surface area contributed by atoms with Crippen molar-refractivity contribution in [2.24, 2.45) is 5.41 Å². The minimum Gasteiger partial charge on any atom is -0.340 e. The molecule has 2 rings (SSSR count). The quantitative estimate of drug-likeness (QED) is 0.762. The number of nitrogens with zero attached hydrogens (tertiary/aromatic N) is 3. The third kappa shape index (κ3) is 3.91. The van der Waals surface area contributed by atoms with Crippen LogP contribution >= 0.6 is 0 Å². The zero-order valence-electron chi connectivity index (χ0n) is 12.6. The second kappa shape index (κ2) is 6.20. The second-order valence-electron chi connectivity index (χ2n) is 6.51. The van der Waals surface area contributed by atoms with Crippen LogP contribution in [0.1, 0.15) is 13.8 Å². The molecule has 0 aromatic carbocycles. The highest BCUT2D eigenvalue weighted by atomic mass is 16.2. The number of amides is 1. The highest BCUT2D eigenvalue weighted by molar-refractivity contribution is 5.82. The summed E-state index contributed by atoms with van der Waals surface area (Å²) in [7, 11) is 2.12. The van der Waals surface area contributed by atoms with E-state index in [0.717, 1.165) is 58.9 Å². The highest BCUT2D eigenvalue weighted by Gasteiger charge is 2.34. The van der Waals surface area contributed by atoms with E-state index in [9.17, 15) is 4.79 Å². The van der Waals surface area contributed by atoms with Gasteiger partial charge in [0, 0.05) is 58.9 Å². The summed E-state index contributed by atoms with van der Waals surface area (Å²) in [6.45, 7) is 13.0. The van der Waals surface area contributed by atoms with Gasteiger partial charge in [-0.25, -0.2) is 0 Å². The van der Waals surface area contributed by atoms with Gasteiger partial charge >= 0.3 is 0 Å². The smallest absolute Gasteiger partial charge is 0.229 e. The molecule has 0 atom stereocenters. The molecule has 0 saturated carbocycles. The minimum absolute atomic E-state index is 0.271. The SMILES string of the molecule is CN1CCN(C(=O)C(C)(C)CN2CCNCC2)CC1. The molecule has 0 unspecified atom stereocenters. The Bertz CT molecular complexity index is 305. The van der Waals surface area contributed by atoms with E-state index in [1.165, 1.54) is 0 Å². The Morgan fingerprint density at radius 2 is 1.63 bits per heavy atom. The number of rotatable bonds is 3. The molecule has 1 amide bonds. The average Bonchev–Trinajstić information content (AvgIpc) is 2.39. The van der Waals surface area contributed by atoms with Crippen molar-refractivity contribution in [1.82, 2.24) is 20.0 Å². The van der Waals surface area contributed by atoms with Crippen LogP contribution in [0.15, 0.2) is 0 Å². The number of carbonyl (C=O) groups is 1. The minimum atomic E-state index is -0.271. The Balaban J connectivity index is 1.88. The van der Waals surface area contributed by atoms with Crippen molar-refractivity contribution in [3.63, 3.8) is 0 Å². The molecule has 2 fully saturated rings. The zero-order chi connectivity index (χ0) is 13.9. The van der Waals surface area contributed by atoms with Crippen molar-refractivity contribution >= 4 is 5.91 Å². The number of likely N-dealkylation sites (N-methyl/N-ethyl adjacent to an activating group) is 1. The topological polar surface area (TPSA) is 38.8 Å². The van der Waals surface area contributed by atoms with Crippen molar-refractivity contribution in [3.8, 4) is 0 Å². The van der Waals surface area contributed by atoms with Gasteiger partial charge in [-0.3, -0.25) is 9.69 Å². The van der Waals surface area contributed by atoms with Crippen LogP contribution in [-0.4, -0.2) is 86.6 Å². The average molecular weight is 268 g/mol. The van der Waals surface area contributed by atoms with Crippen LogP contribution < -0.4 is 5.32 Å². The first kappa shape index (κ1) is 14.8. The van der Waals surface area contributed by atoms with E-state index in [-0.39, 0.29) is 5.41 Å². The molecule has 0 aromatic rings. The van der Waals surface area contributed by atoms with Crippen molar-refractivity contribution in [2.75, 3.05) is 66.0 Å². The summed E-state index contributed by atoms with van der Waals surface area (Å²) >= 11 is 0. The fraction of sp³-hybridized carbons (Fsp3) is 0.929. The Morgan fingerprint density at radius 1 is 1.05 bits per heavy atom. The van der Waals surface area contributed by atoms with Crippen LogP contribution in [0.4, 0.5) is 0 Å². The molecule has 19 heavy (non-hydrogen) atoms. The molecule has 0 radical (unpaired) electrons. The number of piperazine rings is 2. The normalized spacial score (nSPS) is 23.6. The molecule has 0 aromatic heterocycles. The van der Waals surface area contributed by atoms with Gasteiger partial charge in [-0.1, -0.05) is 0 Å². The number of nitrogens with one attached hydrogen (secondary N) is 1. The Hall–Kier alpha value is -0.650. The standard InChI is InChI=1S/C14H28N4O/c1-14(2,12-17-6-4-15-5-7-17)13(19)18-10-8-16(3)9-11-18/h15H,4-12H2,1-3H3. The van der Waals surface area contributed by atoms with Gasteiger partial charge in [0.2, 0.25) is 5.91 Å². The molecule has 0 bridgehead atoms. The summed E-state index contributed by atoms with van der Waals surface area (Å²) < 4.78 is 0. The summed E-state index contributed by atoms with van der Waals surface area (Å²) in [5, 5.41) is 3.36. The van der Waals surface area contributed by atoms with Gasteiger partial charge in [0.05, 0.1) is 5.41 Å². The lowest BCUT2D eigenvalue weighted by atomic mass is 9.90. The Labute approximate surface area is 116 Å². The molecule has 1 N–H and O–H groups in total. The predicted octanol–water partition coefficient (Wildman–Crippen LogP) is -0.308. The summed E-state index contributed by atoms with van der Waals surface area (Å²) in [6, 6.07) is 0. The molecule has 2 aliphatic heterocycles. The van der Waals surface area contributed by atoms with E-state index in [2.05, 4.69) is 36.0 Å². The van der Waals surface area contributed by atoms with Crippen molar-refractivity contribution in [1.29, 1.82) is 0 Å². The Kier molecular flexibility index (Phi) is 4.81. The molecular formula is C14H28N4O. The van der Waals surface area contributed by atoms with E-state index < -0.39 is 0 Å². The van der Waals surface area contributed by atoms with Crippen LogP contribution in [0.25, 0.3) is 0 Å². The van der Waals surface area contributed by atoms with Crippen molar-refractivity contribution < 1.29 is 4.79 Å². The zero-order valence-corrected chi connectivity index (χ0v) is 12.6. The van der Waals surface area contributed by atoms with E-state index in [1.807, 2.05) is 4.90 Å². The van der Waals surface area contributed by atoms with E-state index in [4.69, 9.17) is 0 Å². The fourth-order valence-electron chi connectivity index (χ4n) is 2.93. The Morgan fingerprint density at radius 3 is 2.21 bits per heavy atom. The maximum absolute atomic E-state index is 12.7. The largest absolute Gasteiger partial charge is 0.340 e. The van der Waals surface area contributed by atoms with E-state index >= 15 is 0 Å². The van der Waals surface area contributed by atoms with Crippen LogP contribution in [0, 0.1) is 5.41 Å². The first-order valence-electron chi connectivity index (χ1n) is 7.40. The maximum atomic E-state index is 12.7. The van der Waals surface area contributed by atoms with Crippen LogP contribution in [0.3, 0.4) is 0 Å². The van der Waals surface area contributed by atoms with Crippen LogP contribution in [-0.2, 0) is 4.79 Å². The molecule has 110 valence electrons. The molecule has 2 heterocycles. The third-order valence-corrected chi connectivity index (χ3v) is 4.20. The van der Waals surface area contributed by atoms with Gasteiger partial charge in [-0.2, -0.15) is 0 Å². The summed E-state index contributed by atoms with van der Waals surface area (Å²) in [5.74, 6) is 0.319. The second-order valence-corrected chi connectivity index (χ2v) is 6.51. The molecule has 5 heteroatoms. The fourth-order valence-corrected chi connectivity index (χ4v) is 2.93. The summed E-state index contributed by atoms with van der Waals surface area (Å²) in [6.07, 6.45) is 0. The van der Waals surface area contributed by atoms with Crippen LogP contribution in [0.5, 0.6) is 0 Å². The van der Waals surface area contributed by atoms with Crippen molar-refractivity contribution in [2.45, 2.75) is 13.8 Å². The lowest BCUT2D eigenvalue weighted by molar-refractivity contribution is -0.143.